The molecule has 2 saturated heterocycles. The molecule has 0 spiro atoms. The third kappa shape index (κ3) is 6.14. The fourth-order valence-corrected chi connectivity index (χ4v) is 8.37. The van der Waals surface area contributed by atoms with Crippen LogP contribution in [0.1, 0.15) is 32.1 Å². The third-order valence-corrected chi connectivity index (χ3v) is 11.2. The Balaban J connectivity index is 1.09. The quantitative estimate of drug-likeness (QED) is 0.406. The van der Waals surface area contributed by atoms with Crippen LogP contribution in [-0.2, 0) is 20.0 Å². The fraction of sp³-hybridized carbons (Fsp3) is 0.444. The summed E-state index contributed by atoms with van der Waals surface area (Å²) in [5.74, 6) is 1.02. The average Bonchev–Trinajstić information content (AvgIpc) is 3.39. The minimum atomic E-state index is -3.57. The minimum Gasteiger partial charge on any atom is -0.490 e. The molecule has 0 aliphatic carbocycles. The summed E-state index contributed by atoms with van der Waals surface area (Å²) >= 11 is 0. The van der Waals surface area contributed by atoms with Gasteiger partial charge in [0.2, 0.25) is 20.0 Å². The second-order valence-corrected chi connectivity index (χ2v) is 13.9. The van der Waals surface area contributed by atoms with Crippen LogP contribution in [0.5, 0.6) is 5.75 Å². The van der Waals surface area contributed by atoms with Gasteiger partial charge in [-0.25, -0.2) is 21.1 Å². The number of sulfonamides is 2. The molecule has 0 amide bonds. The SMILES string of the molecule is O=S(=O)(CCC[C@H]1CCN(S(=O)(=O)c2ccc3ccccc3c2)C1)N1CCC(Oc2ccncc2)CC1. The van der Waals surface area contributed by atoms with Gasteiger partial charge in [0.05, 0.1) is 10.6 Å². The number of benzene rings is 2. The molecule has 0 saturated carbocycles. The number of rotatable bonds is 9. The van der Waals surface area contributed by atoms with Gasteiger partial charge < -0.3 is 4.74 Å². The summed E-state index contributed by atoms with van der Waals surface area (Å²) in [6, 6.07) is 16.6. The number of aromatic nitrogens is 1. The Morgan fingerprint density at radius 2 is 1.54 bits per heavy atom. The minimum absolute atomic E-state index is 0.00266. The summed E-state index contributed by atoms with van der Waals surface area (Å²) in [5, 5.41) is 1.91. The van der Waals surface area contributed by atoms with E-state index in [4.69, 9.17) is 4.74 Å². The molecule has 37 heavy (non-hydrogen) atoms. The van der Waals surface area contributed by atoms with Crippen molar-refractivity contribution in [3.05, 3.63) is 67.0 Å². The van der Waals surface area contributed by atoms with Gasteiger partial charge in [-0.3, -0.25) is 4.98 Å². The number of piperidine rings is 1. The highest BCUT2D eigenvalue weighted by Gasteiger charge is 2.33. The Hall–Kier alpha value is -2.53. The van der Waals surface area contributed by atoms with Gasteiger partial charge in [-0.15, -0.1) is 0 Å². The van der Waals surface area contributed by atoms with E-state index in [0.29, 0.717) is 56.8 Å². The first kappa shape index (κ1) is 26.1. The molecule has 0 N–H and O–H groups in total. The van der Waals surface area contributed by atoms with E-state index in [1.165, 1.54) is 0 Å². The van der Waals surface area contributed by atoms with Crippen LogP contribution in [0.25, 0.3) is 10.8 Å². The van der Waals surface area contributed by atoms with Crippen molar-refractivity contribution in [1.29, 1.82) is 0 Å². The molecule has 2 aliphatic rings. The Morgan fingerprint density at radius 1 is 0.838 bits per heavy atom. The maximum absolute atomic E-state index is 13.2. The summed E-state index contributed by atoms with van der Waals surface area (Å²) in [5.41, 5.74) is 0. The first-order chi connectivity index (χ1) is 17.8. The summed E-state index contributed by atoms with van der Waals surface area (Å²) in [4.78, 5) is 4.29. The standard InChI is InChI=1S/C27H33N3O5S2/c31-36(32,29-17-12-26(13-18-29)35-25-9-14-28-15-10-25)19-3-4-22-11-16-30(21-22)37(33,34)27-8-7-23-5-1-2-6-24(23)20-27/h1-2,5-10,14-15,20,22,26H,3-4,11-13,16-19,21H2/t22-/m0/s1. The molecule has 0 unspecified atom stereocenters. The lowest BCUT2D eigenvalue weighted by atomic mass is 10.0. The number of ether oxygens (including phenoxy) is 1. The average molecular weight is 544 g/mol. The van der Waals surface area contributed by atoms with E-state index in [9.17, 15) is 16.8 Å². The Labute approximate surface area is 219 Å². The van der Waals surface area contributed by atoms with E-state index in [2.05, 4.69) is 4.98 Å². The van der Waals surface area contributed by atoms with Crippen LogP contribution in [-0.4, -0.2) is 68.5 Å². The van der Waals surface area contributed by atoms with Gasteiger partial charge in [0.15, 0.2) is 0 Å². The molecule has 0 bridgehead atoms. The maximum Gasteiger partial charge on any atom is 0.243 e. The van der Waals surface area contributed by atoms with E-state index in [0.717, 1.165) is 22.9 Å². The molecular weight excluding hydrogens is 510 g/mol. The van der Waals surface area contributed by atoms with Crippen LogP contribution in [0.4, 0.5) is 0 Å². The number of pyridine rings is 1. The largest absolute Gasteiger partial charge is 0.490 e. The zero-order valence-electron chi connectivity index (χ0n) is 20.8. The third-order valence-electron chi connectivity index (χ3n) is 7.37. The van der Waals surface area contributed by atoms with Gasteiger partial charge in [-0.05, 0) is 73.1 Å². The second kappa shape index (κ2) is 11.1. The molecule has 8 nitrogen and oxygen atoms in total. The Bertz CT molecular complexity index is 1420. The highest BCUT2D eigenvalue weighted by Crippen LogP contribution is 2.29. The van der Waals surface area contributed by atoms with E-state index in [-0.39, 0.29) is 17.8 Å². The van der Waals surface area contributed by atoms with Crippen LogP contribution >= 0.6 is 0 Å². The van der Waals surface area contributed by atoms with Gasteiger partial charge >= 0.3 is 0 Å². The number of nitrogens with zero attached hydrogens (tertiary/aromatic N) is 3. The molecule has 3 aromatic rings. The Kier molecular flexibility index (Phi) is 7.80. The van der Waals surface area contributed by atoms with Crippen LogP contribution in [0.3, 0.4) is 0 Å². The van der Waals surface area contributed by atoms with Crippen LogP contribution in [0.15, 0.2) is 71.9 Å². The molecule has 5 rings (SSSR count). The lowest BCUT2D eigenvalue weighted by molar-refractivity contribution is 0.135. The molecular formula is C27H33N3O5S2. The lowest BCUT2D eigenvalue weighted by Crippen LogP contribution is -2.42. The summed E-state index contributed by atoms with van der Waals surface area (Å²) in [6.45, 7) is 1.82. The van der Waals surface area contributed by atoms with E-state index < -0.39 is 20.0 Å². The highest BCUT2D eigenvalue weighted by atomic mass is 32.2. The topological polar surface area (TPSA) is 96.9 Å². The summed E-state index contributed by atoms with van der Waals surface area (Å²) in [7, 11) is -6.91. The van der Waals surface area contributed by atoms with Gasteiger partial charge in [-0.1, -0.05) is 30.3 Å². The van der Waals surface area contributed by atoms with Gasteiger partial charge in [0, 0.05) is 38.6 Å². The molecule has 1 atom stereocenters. The van der Waals surface area contributed by atoms with Gasteiger partial charge in [0.25, 0.3) is 0 Å². The molecule has 198 valence electrons. The van der Waals surface area contributed by atoms with Crippen molar-refractivity contribution in [1.82, 2.24) is 13.6 Å². The lowest BCUT2D eigenvalue weighted by Gasteiger charge is -2.31. The van der Waals surface area contributed by atoms with Crippen molar-refractivity contribution in [3.8, 4) is 5.75 Å². The molecule has 0 radical (unpaired) electrons. The van der Waals surface area contributed by atoms with Crippen LogP contribution in [0.2, 0.25) is 0 Å². The molecule has 2 aromatic carbocycles. The molecule has 1 aromatic heterocycles. The molecule has 10 heteroatoms. The van der Waals surface area contributed by atoms with Gasteiger partial charge in [-0.2, -0.15) is 4.31 Å². The van der Waals surface area contributed by atoms with Gasteiger partial charge in [0.1, 0.15) is 11.9 Å². The second-order valence-electron chi connectivity index (χ2n) is 9.88. The first-order valence-corrected chi connectivity index (χ1v) is 15.9. The van der Waals surface area contributed by atoms with Crippen LogP contribution in [0, 0.1) is 5.92 Å². The molecule has 2 aliphatic heterocycles. The summed E-state index contributed by atoms with van der Waals surface area (Å²) < 4.78 is 61.3. The maximum atomic E-state index is 13.2. The van der Waals surface area contributed by atoms with Crippen molar-refractivity contribution in [2.75, 3.05) is 31.9 Å². The van der Waals surface area contributed by atoms with Crippen LogP contribution < -0.4 is 4.74 Å². The van der Waals surface area contributed by atoms with E-state index in [1.54, 1.807) is 45.3 Å². The summed E-state index contributed by atoms with van der Waals surface area (Å²) in [6.07, 6.45) is 6.66. The smallest absolute Gasteiger partial charge is 0.243 e. The monoisotopic (exact) mass is 543 g/mol. The van der Waals surface area contributed by atoms with Crippen molar-refractivity contribution >= 4 is 30.8 Å². The molecule has 3 heterocycles. The number of hydrogen-bond donors (Lipinski definition) is 0. The molecule has 2 fully saturated rings. The van der Waals surface area contributed by atoms with Crippen molar-refractivity contribution in [3.63, 3.8) is 0 Å². The zero-order chi connectivity index (χ0) is 25.9. The predicted octanol–water partition coefficient (Wildman–Crippen LogP) is 3.90. The fourth-order valence-electron chi connectivity index (χ4n) is 5.25. The Morgan fingerprint density at radius 3 is 2.30 bits per heavy atom. The normalized spacial score (nSPS) is 20.4. The zero-order valence-corrected chi connectivity index (χ0v) is 22.4. The number of hydrogen-bond acceptors (Lipinski definition) is 6. The van der Waals surface area contributed by atoms with Crippen molar-refractivity contribution in [2.24, 2.45) is 5.92 Å². The predicted molar refractivity (Wildman–Crippen MR) is 143 cm³/mol. The van der Waals surface area contributed by atoms with Crippen molar-refractivity contribution in [2.45, 2.75) is 43.1 Å². The number of fused-ring (bicyclic) bond motifs is 1. The van der Waals surface area contributed by atoms with Crippen molar-refractivity contribution < 1.29 is 21.6 Å². The van der Waals surface area contributed by atoms with E-state index in [1.807, 2.05) is 30.3 Å². The first-order valence-electron chi connectivity index (χ1n) is 12.8. The highest BCUT2D eigenvalue weighted by molar-refractivity contribution is 7.89. The van der Waals surface area contributed by atoms with E-state index >= 15 is 0 Å².